The maximum absolute atomic E-state index is 12.0. The molecule has 0 aromatic heterocycles. The lowest BCUT2D eigenvalue weighted by atomic mass is 10.1. The Morgan fingerprint density at radius 1 is 1.08 bits per heavy atom. The molecular formula is C19H21NO4. The van der Waals surface area contributed by atoms with Crippen LogP contribution >= 0.6 is 0 Å². The van der Waals surface area contributed by atoms with Gasteiger partial charge in [0.1, 0.15) is 18.8 Å². The zero-order chi connectivity index (χ0) is 16.8. The van der Waals surface area contributed by atoms with Gasteiger partial charge in [-0.15, -0.1) is 0 Å². The number of ether oxygens (including phenoxy) is 3. The van der Waals surface area contributed by atoms with Crippen molar-refractivity contribution in [1.29, 1.82) is 0 Å². The lowest BCUT2D eigenvalue weighted by molar-refractivity contribution is -0.0486. The van der Waals surface area contributed by atoms with Crippen LogP contribution in [0.25, 0.3) is 0 Å². The highest BCUT2D eigenvalue weighted by Gasteiger charge is 2.37. The molecule has 0 amide bonds. The molecule has 0 saturated carbocycles. The van der Waals surface area contributed by atoms with Crippen molar-refractivity contribution in [2.45, 2.75) is 24.9 Å². The first-order valence-electron chi connectivity index (χ1n) is 7.99. The second-order valence-electron chi connectivity index (χ2n) is 5.76. The first kappa shape index (κ1) is 16.6. The van der Waals surface area contributed by atoms with Crippen molar-refractivity contribution >= 4 is 5.97 Å². The third-order valence-corrected chi connectivity index (χ3v) is 3.96. The predicted molar refractivity (Wildman–Crippen MR) is 89.5 cm³/mol. The molecule has 0 unspecified atom stereocenters. The van der Waals surface area contributed by atoms with Crippen molar-refractivity contribution in [3.8, 4) is 0 Å². The van der Waals surface area contributed by atoms with Crippen LogP contribution in [-0.4, -0.2) is 37.4 Å². The van der Waals surface area contributed by atoms with Gasteiger partial charge in [0, 0.05) is 0 Å². The summed E-state index contributed by atoms with van der Waals surface area (Å²) in [6, 6.07) is 18.5. The molecule has 5 heteroatoms. The Hall–Kier alpha value is -2.21. The molecule has 1 saturated heterocycles. The average molecular weight is 327 g/mol. The van der Waals surface area contributed by atoms with Gasteiger partial charge in [-0.3, -0.25) is 0 Å². The Labute approximate surface area is 141 Å². The molecule has 126 valence electrons. The highest BCUT2D eigenvalue weighted by atomic mass is 16.6. The molecule has 3 rings (SSSR count). The number of rotatable bonds is 6. The molecule has 1 heterocycles. The van der Waals surface area contributed by atoms with Gasteiger partial charge in [-0.2, -0.15) is 0 Å². The van der Waals surface area contributed by atoms with Crippen molar-refractivity contribution < 1.29 is 19.0 Å². The lowest BCUT2D eigenvalue weighted by Crippen LogP contribution is -2.41. The first-order valence-corrected chi connectivity index (χ1v) is 7.99. The summed E-state index contributed by atoms with van der Waals surface area (Å²) in [7, 11) is 0. The zero-order valence-electron chi connectivity index (χ0n) is 13.3. The SMILES string of the molecule is N[C@@H]1CO[C@H](COC(=O)c2ccccc2)[C@@H]1OCc1ccccc1. The van der Waals surface area contributed by atoms with Gasteiger partial charge in [0.15, 0.2) is 0 Å². The van der Waals surface area contributed by atoms with Crippen LogP contribution in [0.4, 0.5) is 0 Å². The Kier molecular flexibility index (Phi) is 5.59. The summed E-state index contributed by atoms with van der Waals surface area (Å²) in [5.74, 6) is -0.374. The number of benzene rings is 2. The second kappa shape index (κ2) is 8.06. The Morgan fingerprint density at radius 3 is 2.46 bits per heavy atom. The summed E-state index contributed by atoms with van der Waals surface area (Å²) in [5, 5.41) is 0. The summed E-state index contributed by atoms with van der Waals surface area (Å²) in [5.41, 5.74) is 7.64. The van der Waals surface area contributed by atoms with Crippen molar-refractivity contribution in [3.63, 3.8) is 0 Å². The molecule has 0 aliphatic carbocycles. The van der Waals surface area contributed by atoms with Crippen molar-refractivity contribution in [1.82, 2.24) is 0 Å². The highest BCUT2D eigenvalue weighted by Crippen LogP contribution is 2.19. The third-order valence-electron chi connectivity index (χ3n) is 3.96. The number of hydrogen-bond acceptors (Lipinski definition) is 5. The van der Waals surface area contributed by atoms with Crippen LogP contribution in [0.3, 0.4) is 0 Å². The molecule has 0 radical (unpaired) electrons. The molecule has 2 aromatic carbocycles. The Balaban J connectivity index is 1.53. The van der Waals surface area contributed by atoms with Crippen LogP contribution in [0.15, 0.2) is 60.7 Å². The lowest BCUT2D eigenvalue weighted by Gasteiger charge is -2.21. The third kappa shape index (κ3) is 4.20. The van der Waals surface area contributed by atoms with E-state index in [0.717, 1.165) is 5.56 Å². The molecule has 3 atom stereocenters. The van der Waals surface area contributed by atoms with Crippen LogP contribution in [0.5, 0.6) is 0 Å². The van der Waals surface area contributed by atoms with Gasteiger partial charge < -0.3 is 19.9 Å². The van der Waals surface area contributed by atoms with Crippen LogP contribution in [-0.2, 0) is 20.8 Å². The summed E-state index contributed by atoms with van der Waals surface area (Å²) >= 11 is 0. The van der Waals surface area contributed by atoms with Crippen LogP contribution in [0.2, 0.25) is 0 Å². The number of carbonyl (C=O) groups excluding carboxylic acids is 1. The number of carbonyl (C=O) groups is 1. The summed E-state index contributed by atoms with van der Waals surface area (Å²) in [6.45, 7) is 0.972. The monoisotopic (exact) mass is 327 g/mol. The maximum Gasteiger partial charge on any atom is 0.338 e. The summed E-state index contributed by atoms with van der Waals surface area (Å²) < 4.78 is 16.9. The maximum atomic E-state index is 12.0. The fraction of sp³-hybridized carbons (Fsp3) is 0.316. The van der Waals surface area contributed by atoms with Gasteiger partial charge in [-0.05, 0) is 17.7 Å². The molecule has 2 aromatic rings. The Bertz CT molecular complexity index is 647. The van der Waals surface area contributed by atoms with Gasteiger partial charge in [-0.1, -0.05) is 48.5 Å². The fourth-order valence-electron chi connectivity index (χ4n) is 2.66. The molecule has 0 bridgehead atoms. The van der Waals surface area contributed by atoms with Crippen molar-refractivity contribution in [3.05, 3.63) is 71.8 Å². The van der Waals surface area contributed by atoms with Crippen LogP contribution in [0, 0.1) is 0 Å². The quantitative estimate of drug-likeness (QED) is 0.823. The highest BCUT2D eigenvalue weighted by molar-refractivity contribution is 5.89. The van der Waals surface area contributed by atoms with Gasteiger partial charge in [0.25, 0.3) is 0 Å². The average Bonchev–Trinajstić information content (AvgIpc) is 2.99. The number of esters is 1. The predicted octanol–water partition coefficient (Wildman–Crippen LogP) is 2.15. The van der Waals surface area contributed by atoms with E-state index in [1.165, 1.54) is 0 Å². The van der Waals surface area contributed by atoms with E-state index in [1.807, 2.05) is 36.4 Å². The van der Waals surface area contributed by atoms with Gasteiger partial charge >= 0.3 is 5.97 Å². The minimum Gasteiger partial charge on any atom is -0.459 e. The van der Waals surface area contributed by atoms with E-state index in [4.69, 9.17) is 19.9 Å². The molecule has 1 fully saturated rings. The van der Waals surface area contributed by atoms with E-state index in [0.29, 0.717) is 18.8 Å². The molecule has 2 N–H and O–H groups in total. The van der Waals surface area contributed by atoms with Gasteiger partial charge in [0.05, 0.1) is 24.8 Å². The van der Waals surface area contributed by atoms with E-state index in [1.54, 1.807) is 24.3 Å². The smallest absolute Gasteiger partial charge is 0.338 e. The summed E-state index contributed by atoms with van der Waals surface area (Å²) in [4.78, 5) is 12.0. The fourth-order valence-corrected chi connectivity index (χ4v) is 2.66. The van der Waals surface area contributed by atoms with Crippen LogP contribution < -0.4 is 5.73 Å². The molecule has 1 aliphatic heterocycles. The standard InChI is InChI=1S/C19H21NO4/c20-16-12-22-17(13-24-19(21)15-9-5-2-6-10-15)18(16)23-11-14-7-3-1-4-8-14/h1-10,16-18H,11-13,20H2/t16-,17-,18-/m1/s1. The topological polar surface area (TPSA) is 70.8 Å². The van der Waals surface area contributed by atoms with E-state index in [9.17, 15) is 4.79 Å². The van der Waals surface area contributed by atoms with Crippen molar-refractivity contribution in [2.24, 2.45) is 5.73 Å². The minimum atomic E-state index is -0.374. The first-order chi connectivity index (χ1) is 11.7. The number of hydrogen-bond donors (Lipinski definition) is 1. The van der Waals surface area contributed by atoms with E-state index in [2.05, 4.69) is 0 Å². The van der Waals surface area contributed by atoms with E-state index < -0.39 is 0 Å². The van der Waals surface area contributed by atoms with E-state index in [-0.39, 0.29) is 30.8 Å². The molecule has 24 heavy (non-hydrogen) atoms. The van der Waals surface area contributed by atoms with Gasteiger partial charge in [0.2, 0.25) is 0 Å². The second-order valence-corrected chi connectivity index (χ2v) is 5.76. The van der Waals surface area contributed by atoms with Gasteiger partial charge in [-0.25, -0.2) is 4.79 Å². The minimum absolute atomic E-state index is 0.126. The largest absolute Gasteiger partial charge is 0.459 e. The van der Waals surface area contributed by atoms with E-state index >= 15 is 0 Å². The Morgan fingerprint density at radius 2 is 1.75 bits per heavy atom. The molecular weight excluding hydrogens is 306 g/mol. The molecule has 5 nitrogen and oxygen atoms in total. The van der Waals surface area contributed by atoms with Crippen molar-refractivity contribution in [2.75, 3.05) is 13.2 Å². The molecule has 0 spiro atoms. The normalized spacial score (nSPS) is 23.1. The molecule has 1 aliphatic rings. The summed E-state index contributed by atoms with van der Waals surface area (Å²) in [6.07, 6.45) is -0.648. The number of nitrogens with two attached hydrogens (primary N) is 1. The zero-order valence-corrected chi connectivity index (χ0v) is 13.3. The van der Waals surface area contributed by atoms with Crippen LogP contribution in [0.1, 0.15) is 15.9 Å².